The number of hydrogen-bond acceptors (Lipinski definition) is 3. The summed E-state index contributed by atoms with van der Waals surface area (Å²) in [5.74, 6) is 0. The molecule has 0 aliphatic heterocycles. The lowest BCUT2D eigenvalue weighted by molar-refractivity contribution is 0.924. The van der Waals surface area contributed by atoms with Crippen LogP contribution in [0.2, 0.25) is 5.15 Å². The predicted molar refractivity (Wildman–Crippen MR) is 60.7 cm³/mol. The fourth-order valence-corrected chi connectivity index (χ4v) is 1.42. The Morgan fingerprint density at radius 1 is 1.47 bits per heavy atom. The van der Waals surface area contributed by atoms with Crippen molar-refractivity contribution in [3.05, 3.63) is 35.3 Å². The minimum absolute atomic E-state index is 0.453. The summed E-state index contributed by atoms with van der Waals surface area (Å²) in [7, 11) is 0. The van der Waals surface area contributed by atoms with E-state index in [1.807, 2.05) is 18.2 Å². The van der Waals surface area contributed by atoms with Gasteiger partial charge < -0.3 is 5.73 Å². The Morgan fingerprint density at radius 2 is 2.33 bits per heavy atom. The summed E-state index contributed by atoms with van der Waals surface area (Å²) >= 11 is 5.81. The van der Waals surface area contributed by atoms with Gasteiger partial charge in [0.25, 0.3) is 0 Å². The minimum Gasteiger partial charge on any atom is -0.330 e. The molecular weight excluding hydrogens is 212 g/mol. The Labute approximate surface area is 92.4 Å². The molecule has 2 rings (SSSR count). The van der Waals surface area contributed by atoms with Gasteiger partial charge in [0.05, 0.1) is 11.9 Å². The summed E-state index contributed by atoms with van der Waals surface area (Å²) in [5.41, 5.74) is 7.08. The molecule has 0 radical (unpaired) electrons. The number of nitrogens with zero attached hydrogens (tertiary/aromatic N) is 3. The molecule has 0 atom stereocenters. The maximum absolute atomic E-state index is 5.81. The quantitative estimate of drug-likeness (QED) is 0.861. The lowest BCUT2D eigenvalue weighted by Crippen LogP contribution is -1.96. The van der Waals surface area contributed by atoms with E-state index in [-0.39, 0.29) is 0 Å². The molecule has 2 aromatic heterocycles. The highest BCUT2D eigenvalue weighted by Gasteiger charge is 2.01. The molecule has 5 heteroatoms. The van der Waals surface area contributed by atoms with Crippen molar-refractivity contribution in [3.8, 4) is 0 Å². The summed E-state index contributed by atoms with van der Waals surface area (Å²) < 4.78 is 1.70. The van der Waals surface area contributed by atoms with Gasteiger partial charge in [-0.1, -0.05) is 17.7 Å². The molecule has 78 valence electrons. The van der Waals surface area contributed by atoms with Gasteiger partial charge in [-0.3, -0.25) is 0 Å². The van der Waals surface area contributed by atoms with Crippen LogP contribution in [0.25, 0.3) is 11.7 Å². The Kier molecular flexibility index (Phi) is 2.99. The molecule has 0 saturated carbocycles. The molecule has 15 heavy (non-hydrogen) atoms. The molecule has 0 aromatic carbocycles. The molecule has 2 heterocycles. The number of nitrogens with two attached hydrogens (primary N) is 1. The van der Waals surface area contributed by atoms with Gasteiger partial charge in [-0.2, -0.15) is 5.10 Å². The Balaban J connectivity index is 2.39. The summed E-state index contributed by atoms with van der Waals surface area (Å²) in [6.45, 7) is 0.640. The summed E-state index contributed by atoms with van der Waals surface area (Å²) in [4.78, 5) is 4.20. The van der Waals surface area contributed by atoms with Crippen LogP contribution in [0, 0.1) is 0 Å². The van der Waals surface area contributed by atoms with Crippen molar-refractivity contribution >= 4 is 23.3 Å². The van der Waals surface area contributed by atoms with Crippen LogP contribution in [0.5, 0.6) is 0 Å². The Hall–Kier alpha value is -1.39. The average Bonchev–Trinajstić information content (AvgIpc) is 2.62. The number of fused-ring (bicyclic) bond motifs is 1. The molecule has 0 amide bonds. The zero-order chi connectivity index (χ0) is 10.7. The first-order chi connectivity index (χ1) is 7.31. The van der Waals surface area contributed by atoms with E-state index >= 15 is 0 Å². The van der Waals surface area contributed by atoms with Crippen molar-refractivity contribution in [2.75, 3.05) is 6.54 Å². The van der Waals surface area contributed by atoms with E-state index < -0.39 is 0 Å². The van der Waals surface area contributed by atoms with Gasteiger partial charge in [-0.25, -0.2) is 9.50 Å². The standard InChI is InChI=1S/C10H11ClN4/c11-9-4-5-10-13-7-8(15(10)14-9)3-1-2-6-12/h1,3-5,7H,2,6,12H2. The summed E-state index contributed by atoms with van der Waals surface area (Å²) in [6, 6.07) is 3.55. The Bertz CT molecular complexity index is 489. The number of halogens is 1. The molecule has 0 aliphatic carbocycles. The van der Waals surface area contributed by atoms with Gasteiger partial charge in [0.15, 0.2) is 5.65 Å². The molecule has 0 spiro atoms. The van der Waals surface area contributed by atoms with Gasteiger partial charge >= 0.3 is 0 Å². The maximum atomic E-state index is 5.81. The SMILES string of the molecule is NCCC=Cc1cnc2ccc(Cl)nn12. The van der Waals surface area contributed by atoms with E-state index in [0.717, 1.165) is 17.8 Å². The topological polar surface area (TPSA) is 56.2 Å². The smallest absolute Gasteiger partial charge is 0.154 e. The van der Waals surface area contributed by atoms with Crippen molar-refractivity contribution < 1.29 is 0 Å². The van der Waals surface area contributed by atoms with Crippen LogP contribution in [0.1, 0.15) is 12.1 Å². The van der Waals surface area contributed by atoms with Gasteiger partial charge in [0, 0.05) is 0 Å². The molecular formula is C10H11ClN4. The van der Waals surface area contributed by atoms with Crippen molar-refractivity contribution in [2.45, 2.75) is 6.42 Å². The first-order valence-electron chi connectivity index (χ1n) is 4.68. The molecule has 0 aliphatic rings. The zero-order valence-corrected chi connectivity index (χ0v) is 8.85. The third-order valence-electron chi connectivity index (χ3n) is 1.98. The predicted octanol–water partition coefficient (Wildman–Crippen LogP) is 1.74. The monoisotopic (exact) mass is 222 g/mol. The highest BCUT2D eigenvalue weighted by Crippen LogP contribution is 2.10. The molecule has 2 aromatic rings. The second-order valence-electron chi connectivity index (χ2n) is 3.09. The molecule has 0 unspecified atom stereocenters. The van der Waals surface area contributed by atoms with Crippen LogP contribution < -0.4 is 5.73 Å². The van der Waals surface area contributed by atoms with Crippen LogP contribution in [0.15, 0.2) is 24.4 Å². The van der Waals surface area contributed by atoms with E-state index in [1.165, 1.54) is 0 Å². The van der Waals surface area contributed by atoms with E-state index in [9.17, 15) is 0 Å². The van der Waals surface area contributed by atoms with Crippen molar-refractivity contribution in [3.63, 3.8) is 0 Å². The van der Waals surface area contributed by atoms with Crippen molar-refractivity contribution in [1.82, 2.24) is 14.6 Å². The second kappa shape index (κ2) is 4.42. The fraction of sp³-hybridized carbons (Fsp3) is 0.200. The van der Waals surface area contributed by atoms with Crippen LogP contribution in [-0.4, -0.2) is 21.1 Å². The Morgan fingerprint density at radius 3 is 3.13 bits per heavy atom. The average molecular weight is 223 g/mol. The molecule has 0 fully saturated rings. The molecule has 0 bridgehead atoms. The van der Waals surface area contributed by atoms with Gasteiger partial charge in [0.1, 0.15) is 5.15 Å². The first kappa shape index (κ1) is 10.1. The second-order valence-corrected chi connectivity index (χ2v) is 3.48. The van der Waals surface area contributed by atoms with Gasteiger partial charge in [0.2, 0.25) is 0 Å². The lowest BCUT2D eigenvalue weighted by Gasteiger charge is -1.95. The van der Waals surface area contributed by atoms with E-state index in [1.54, 1.807) is 16.8 Å². The van der Waals surface area contributed by atoms with Crippen LogP contribution in [-0.2, 0) is 0 Å². The van der Waals surface area contributed by atoms with Crippen LogP contribution in [0.4, 0.5) is 0 Å². The normalized spacial score (nSPS) is 11.6. The molecule has 4 nitrogen and oxygen atoms in total. The van der Waals surface area contributed by atoms with Gasteiger partial charge in [-0.05, 0) is 31.2 Å². The highest BCUT2D eigenvalue weighted by molar-refractivity contribution is 6.29. The van der Waals surface area contributed by atoms with Gasteiger partial charge in [-0.15, -0.1) is 0 Å². The van der Waals surface area contributed by atoms with E-state index in [0.29, 0.717) is 11.7 Å². The minimum atomic E-state index is 0.453. The highest BCUT2D eigenvalue weighted by atomic mass is 35.5. The van der Waals surface area contributed by atoms with Crippen LogP contribution >= 0.6 is 11.6 Å². The lowest BCUT2D eigenvalue weighted by atomic mass is 10.3. The van der Waals surface area contributed by atoms with E-state index in [4.69, 9.17) is 17.3 Å². The largest absolute Gasteiger partial charge is 0.330 e. The fourth-order valence-electron chi connectivity index (χ4n) is 1.28. The first-order valence-corrected chi connectivity index (χ1v) is 5.06. The molecule has 0 saturated heterocycles. The summed E-state index contributed by atoms with van der Waals surface area (Å²) in [6.07, 6.45) is 6.53. The zero-order valence-electron chi connectivity index (χ0n) is 8.10. The maximum Gasteiger partial charge on any atom is 0.154 e. The molecule has 2 N–H and O–H groups in total. The van der Waals surface area contributed by atoms with E-state index in [2.05, 4.69) is 10.1 Å². The third kappa shape index (κ3) is 2.16. The van der Waals surface area contributed by atoms with Crippen molar-refractivity contribution in [2.24, 2.45) is 5.73 Å². The number of hydrogen-bond donors (Lipinski definition) is 1. The number of rotatable bonds is 3. The number of imidazole rings is 1. The van der Waals surface area contributed by atoms with Crippen molar-refractivity contribution in [1.29, 1.82) is 0 Å². The third-order valence-corrected chi connectivity index (χ3v) is 2.18. The number of aromatic nitrogens is 3. The van der Waals surface area contributed by atoms with Crippen LogP contribution in [0.3, 0.4) is 0 Å². The summed E-state index contributed by atoms with van der Waals surface area (Å²) in [5, 5.41) is 4.60.